The highest BCUT2D eigenvalue weighted by Crippen LogP contribution is 2.30. The van der Waals surface area contributed by atoms with Crippen molar-refractivity contribution in [2.24, 2.45) is 0 Å². The van der Waals surface area contributed by atoms with Gasteiger partial charge in [-0.1, -0.05) is 24.3 Å². The number of rotatable bonds is 5. The van der Waals surface area contributed by atoms with Crippen LogP contribution in [0.3, 0.4) is 0 Å². The van der Waals surface area contributed by atoms with Gasteiger partial charge in [0, 0.05) is 6.08 Å². The fraction of sp³-hybridized carbons (Fsp3) is 0.200. The molecule has 1 unspecified atom stereocenters. The van der Waals surface area contributed by atoms with Gasteiger partial charge in [-0.15, -0.1) is 0 Å². The average molecular weight is 354 g/mol. The SMILES string of the molecule is COC(=O)c1ccc(/C=C/C(=O)OCC2COc3ccccc3O2)cc1. The summed E-state index contributed by atoms with van der Waals surface area (Å²) in [6.07, 6.45) is 2.59. The second-order valence-electron chi connectivity index (χ2n) is 5.57. The molecule has 1 heterocycles. The molecule has 6 heteroatoms. The first-order chi connectivity index (χ1) is 12.7. The predicted octanol–water partition coefficient (Wildman–Crippen LogP) is 2.87. The van der Waals surface area contributed by atoms with E-state index in [0.29, 0.717) is 23.7 Å². The number of carbonyl (C=O) groups excluding carboxylic acids is 2. The summed E-state index contributed by atoms with van der Waals surface area (Å²) in [5, 5.41) is 0. The number of hydrogen-bond donors (Lipinski definition) is 0. The second kappa shape index (κ2) is 8.20. The minimum atomic E-state index is -0.482. The van der Waals surface area contributed by atoms with Crippen molar-refractivity contribution in [1.29, 1.82) is 0 Å². The maximum absolute atomic E-state index is 11.8. The molecule has 0 spiro atoms. The van der Waals surface area contributed by atoms with Gasteiger partial charge in [-0.25, -0.2) is 9.59 Å². The van der Waals surface area contributed by atoms with E-state index in [1.165, 1.54) is 13.2 Å². The highest BCUT2D eigenvalue weighted by atomic mass is 16.6. The van der Waals surface area contributed by atoms with E-state index in [1.54, 1.807) is 36.4 Å². The molecule has 0 saturated heterocycles. The molecule has 0 amide bonds. The topological polar surface area (TPSA) is 71.1 Å². The molecule has 0 fully saturated rings. The van der Waals surface area contributed by atoms with E-state index >= 15 is 0 Å². The molecule has 6 nitrogen and oxygen atoms in total. The number of benzene rings is 2. The van der Waals surface area contributed by atoms with Gasteiger partial charge in [0.2, 0.25) is 0 Å². The molecule has 1 aliphatic heterocycles. The van der Waals surface area contributed by atoms with Crippen LogP contribution in [0.25, 0.3) is 6.08 Å². The minimum absolute atomic E-state index is 0.0960. The van der Waals surface area contributed by atoms with E-state index in [1.807, 2.05) is 18.2 Å². The summed E-state index contributed by atoms with van der Waals surface area (Å²) < 4.78 is 21.1. The van der Waals surface area contributed by atoms with Crippen LogP contribution >= 0.6 is 0 Å². The normalized spacial score (nSPS) is 15.5. The third-order valence-corrected chi connectivity index (χ3v) is 3.72. The molecule has 134 valence electrons. The Morgan fingerprint density at radius 2 is 1.85 bits per heavy atom. The molecule has 3 rings (SSSR count). The van der Waals surface area contributed by atoms with Crippen molar-refractivity contribution in [3.8, 4) is 11.5 Å². The molecule has 1 aliphatic rings. The summed E-state index contributed by atoms with van der Waals surface area (Å²) in [5.41, 5.74) is 1.21. The summed E-state index contributed by atoms with van der Waals surface area (Å²) >= 11 is 0. The Hall–Kier alpha value is -3.28. The van der Waals surface area contributed by atoms with Gasteiger partial charge in [0.1, 0.15) is 13.2 Å². The van der Waals surface area contributed by atoms with Crippen LogP contribution in [0.2, 0.25) is 0 Å². The number of fused-ring (bicyclic) bond motifs is 1. The first kappa shape index (κ1) is 17.5. The quantitative estimate of drug-likeness (QED) is 0.607. The van der Waals surface area contributed by atoms with Gasteiger partial charge in [0.05, 0.1) is 12.7 Å². The van der Waals surface area contributed by atoms with Crippen LogP contribution in [-0.4, -0.2) is 38.4 Å². The Balaban J connectivity index is 1.48. The maximum atomic E-state index is 11.8. The lowest BCUT2D eigenvalue weighted by molar-refractivity contribution is -0.140. The van der Waals surface area contributed by atoms with Crippen LogP contribution in [0.4, 0.5) is 0 Å². The fourth-order valence-corrected chi connectivity index (χ4v) is 2.38. The van der Waals surface area contributed by atoms with Gasteiger partial charge < -0.3 is 18.9 Å². The number of para-hydroxylation sites is 2. The third-order valence-electron chi connectivity index (χ3n) is 3.72. The monoisotopic (exact) mass is 354 g/mol. The number of hydrogen-bond acceptors (Lipinski definition) is 6. The number of esters is 2. The van der Waals surface area contributed by atoms with Crippen LogP contribution in [0.5, 0.6) is 11.5 Å². The van der Waals surface area contributed by atoms with Crippen LogP contribution in [0, 0.1) is 0 Å². The van der Waals surface area contributed by atoms with E-state index in [-0.39, 0.29) is 12.7 Å². The van der Waals surface area contributed by atoms with Gasteiger partial charge >= 0.3 is 11.9 Å². The first-order valence-corrected chi connectivity index (χ1v) is 8.07. The summed E-state index contributed by atoms with van der Waals surface area (Å²) in [5.74, 6) is 0.437. The lowest BCUT2D eigenvalue weighted by atomic mass is 10.1. The van der Waals surface area contributed by atoms with E-state index in [4.69, 9.17) is 14.2 Å². The number of methoxy groups -OCH3 is 1. The molecule has 26 heavy (non-hydrogen) atoms. The molecular formula is C20H18O6. The molecule has 0 aromatic heterocycles. The molecule has 1 atom stereocenters. The lowest BCUT2D eigenvalue weighted by Crippen LogP contribution is -2.34. The van der Waals surface area contributed by atoms with E-state index in [2.05, 4.69) is 4.74 Å². The first-order valence-electron chi connectivity index (χ1n) is 8.07. The maximum Gasteiger partial charge on any atom is 0.337 e. The van der Waals surface area contributed by atoms with Gasteiger partial charge in [0.25, 0.3) is 0 Å². The van der Waals surface area contributed by atoms with Crippen molar-refractivity contribution >= 4 is 18.0 Å². The standard InChI is InChI=1S/C20H18O6/c1-23-20(22)15-9-6-14(7-10-15)8-11-19(21)25-13-16-12-24-17-4-2-3-5-18(17)26-16/h2-11,16H,12-13H2,1H3/b11-8+. The molecule has 0 saturated carbocycles. The molecule has 2 aromatic rings. The number of carbonyl (C=O) groups is 2. The summed E-state index contributed by atoms with van der Waals surface area (Å²) in [6.45, 7) is 0.418. The van der Waals surface area contributed by atoms with Crippen LogP contribution in [-0.2, 0) is 14.3 Å². The highest BCUT2D eigenvalue weighted by molar-refractivity contribution is 5.90. The number of ether oxygens (including phenoxy) is 4. The van der Waals surface area contributed by atoms with E-state index < -0.39 is 11.9 Å². The zero-order chi connectivity index (χ0) is 18.4. The summed E-state index contributed by atoms with van der Waals surface area (Å²) in [7, 11) is 1.33. The van der Waals surface area contributed by atoms with Crippen molar-refractivity contribution in [3.63, 3.8) is 0 Å². The van der Waals surface area contributed by atoms with E-state index in [0.717, 1.165) is 5.56 Å². The third kappa shape index (κ3) is 4.42. The molecule has 0 radical (unpaired) electrons. The van der Waals surface area contributed by atoms with Crippen molar-refractivity contribution < 1.29 is 28.5 Å². The largest absolute Gasteiger partial charge is 0.486 e. The smallest absolute Gasteiger partial charge is 0.337 e. The van der Waals surface area contributed by atoms with Crippen molar-refractivity contribution in [2.75, 3.05) is 20.3 Å². The van der Waals surface area contributed by atoms with Crippen LogP contribution in [0.15, 0.2) is 54.6 Å². The Kier molecular flexibility index (Phi) is 5.53. The molecule has 0 aliphatic carbocycles. The molecular weight excluding hydrogens is 336 g/mol. The molecule has 2 aromatic carbocycles. The zero-order valence-corrected chi connectivity index (χ0v) is 14.2. The van der Waals surface area contributed by atoms with Crippen LogP contribution < -0.4 is 9.47 Å². The molecule has 0 N–H and O–H groups in total. The highest BCUT2D eigenvalue weighted by Gasteiger charge is 2.21. The van der Waals surface area contributed by atoms with E-state index in [9.17, 15) is 9.59 Å². The fourth-order valence-electron chi connectivity index (χ4n) is 2.38. The van der Waals surface area contributed by atoms with Gasteiger partial charge in [-0.05, 0) is 35.9 Å². The average Bonchev–Trinajstić information content (AvgIpc) is 2.70. The summed E-state index contributed by atoms with van der Waals surface area (Å²) in [6, 6.07) is 14.0. The second-order valence-corrected chi connectivity index (χ2v) is 5.57. The Morgan fingerprint density at radius 3 is 2.58 bits per heavy atom. The van der Waals surface area contributed by atoms with Gasteiger partial charge in [-0.3, -0.25) is 0 Å². The van der Waals surface area contributed by atoms with Gasteiger partial charge in [0.15, 0.2) is 17.6 Å². The van der Waals surface area contributed by atoms with Crippen molar-refractivity contribution in [2.45, 2.75) is 6.10 Å². The minimum Gasteiger partial charge on any atom is -0.486 e. The van der Waals surface area contributed by atoms with Gasteiger partial charge in [-0.2, -0.15) is 0 Å². The Bertz CT molecular complexity index is 809. The predicted molar refractivity (Wildman–Crippen MR) is 94.1 cm³/mol. The Morgan fingerprint density at radius 1 is 1.12 bits per heavy atom. The van der Waals surface area contributed by atoms with Crippen molar-refractivity contribution in [3.05, 3.63) is 65.7 Å². The zero-order valence-electron chi connectivity index (χ0n) is 14.2. The lowest BCUT2D eigenvalue weighted by Gasteiger charge is -2.25. The summed E-state index contributed by atoms with van der Waals surface area (Å²) in [4.78, 5) is 23.2. The van der Waals surface area contributed by atoms with Crippen LogP contribution in [0.1, 0.15) is 15.9 Å². The van der Waals surface area contributed by atoms with Crippen molar-refractivity contribution in [1.82, 2.24) is 0 Å². The molecule has 0 bridgehead atoms. The Labute approximate surface area is 150 Å².